The van der Waals surface area contributed by atoms with Gasteiger partial charge in [0.1, 0.15) is 0 Å². The summed E-state index contributed by atoms with van der Waals surface area (Å²) in [5.41, 5.74) is 0. The largest absolute Gasteiger partial charge is 0.481 e. The Bertz CT molecular complexity index is 215. The van der Waals surface area contributed by atoms with Crippen molar-refractivity contribution in [2.24, 2.45) is 0 Å². The molecule has 0 atom stereocenters. The zero-order valence-corrected chi connectivity index (χ0v) is 11.0. The van der Waals surface area contributed by atoms with Crippen LogP contribution in [0.5, 0.6) is 0 Å². The highest BCUT2D eigenvalue weighted by atomic mass is 16.4. The first-order valence-electron chi connectivity index (χ1n) is 5.13. The summed E-state index contributed by atoms with van der Waals surface area (Å²) < 4.78 is 0. The molecule has 0 aromatic rings. The van der Waals surface area contributed by atoms with Gasteiger partial charge in [-0.3, -0.25) is 9.59 Å². The van der Waals surface area contributed by atoms with Crippen LogP contribution >= 0.6 is 0 Å². The van der Waals surface area contributed by atoms with Gasteiger partial charge in [0.2, 0.25) is 5.91 Å². The monoisotopic (exact) mass is 247 g/mol. The Morgan fingerprint density at radius 3 is 2.12 bits per heavy atom. The summed E-state index contributed by atoms with van der Waals surface area (Å²) >= 11 is 0. The summed E-state index contributed by atoms with van der Waals surface area (Å²) in [6, 6.07) is 0. The van der Waals surface area contributed by atoms with E-state index in [1.807, 2.05) is 26.0 Å². The zero-order valence-electron chi connectivity index (χ0n) is 11.0. The van der Waals surface area contributed by atoms with Gasteiger partial charge in [0.25, 0.3) is 0 Å². The van der Waals surface area contributed by atoms with Crippen LogP contribution in [0.15, 0.2) is 12.7 Å². The number of carboxylic acid groups (broad SMARTS) is 1. The number of unbranched alkanes of at least 4 members (excludes halogenated alkanes) is 1. The maximum Gasteiger partial charge on any atom is 0.303 e. The summed E-state index contributed by atoms with van der Waals surface area (Å²) in [6.45, 7) is 3.79. The molecule has 0 bridgehead atoms. The van der Waals surface area contributed by atoms with E-state index >= 15 is 0 Å². The molecule has 0 unspecified atom stereocenters. The lowest BCUT2D eigenvalue weighted by atomic mass is 10.2. The quantitative estimate of drug-likeness (QED) is 0.477. The number of carbonyl (C=O) groups excluding carboxylic acids is 1. The third-order valence-corrected chi connectivity index (χ3v) is 1.30. The average Bonchev–Trinajstić information content (AvgIpc) is 2.15. The molecule has 1 amide bonds. The molecule has 102 valence electrons. The third kappa shape index (κ3) is 31.3. The van der Waals surface area contributed by atoms with Crippen LogP contribution in [0, 0.1) is 0 Å². The third-order valence-electron chi connectivity index (χ3n) is 1.30. The molecule has 0 aromatic heterocycles. The fourth-order valence-electron chi connectivity index (χ4n) is 0.685. The summed E-state index contributed by atoms with van der Waals surface area (Å²) in [7, 11) is 6.00. The molecule has 6 heteroatoms. The number of nitrogens with zero attached hydrogens (tertiary/aromatic N) is 1. The molecule has 0 fully saturated rings. The molecular weight excluding hydrogens is 222 g/mol. The summed E-state index contributed by atoms with van der Waals surface area (Å²) in [6.07, 6.45) is 2.62. The van der Waals surface area contributed by atoms with E-state index in [4.69, 9.17) is 5.11 Å². The van der Waals surface area contributed by atoms with Crippen LogP contribution in [0.4, 0.5) is 0 Å². The predicted octanol–water partition coefficient (Wildman–Crippen LogP) is 0.883. The van der Waals surface area contributed by atoms with E-state index in [-0.39, 0.29) is 18.5 Å². The van der Waals surface area contributed by atoms with E-state index in [1.165, 1.54) is 6.08 Å². The van der Waals surface area contributed by atoms with Crippen LogP contribution in [-0.4, -0.2) is 49.6 Å². The fraction of sp³-hybridized carbons (Fsp3) is 0.636. The highest BCUT2D eigenvalue weighted by molar-refractivity contribution is 5.86. The van der Waals surface area contributed by atoms with Gasteiger partial charge in [0.05, 0.1) is 0 Å². The van der Waals surface area contributed by atoms with Crippen LogP contribution in [0.3, 0.4) is 0 Å². The molecule has 0 rings (SSSR count). The average molecular weight is 247 g/mol. The van der Waals surface area contributed by atoms with Crippen molar-refractivity contribution in [3.63, 3.8) is 0 Å². The lowest BCUT2D eigenvalue weighted by Crippen LogP contribution is -2.21. The van der Waals surface area contributed by atoms with E-state index in [0.29, 0.717) is 19.4 Å². The van der Waals surface area contributed by atoms with Crippen molar-refractivity contribution in [1.29, 1.82) is 0 Å². The number of carboxylic acids is 1. The summed E-state index contributed by atoms with van der Waals surface area (Å²) in [5, 5.41) is 10.8. The fourth-order valence-corrected chi connectivity index (χ4v) is 0.685. The molecule has 0 heterocycles. The van der Waals surface area contributed by atoms with Crippen molar-refractivity contribution in [2.75, 3.05) is 27.7 Å². The van der Waals surface area contributed by atoms with Crippen molar-refractivity contribution < 1.29 is 14.7 Å². The van der Waals surface area contributed by atoms with Crippen LogP contribution in [0.2, 0.25) is 0 Å². The molecule has 0 aliphatic rings. The van der Waals surface area contributed by atoms with E-state index < -0.39 is 5.97 Å². The minimum Gasteiger partial charge on any atom is -0.481 e. The molecule has 0 aromatic carbocycles. The molecule has 0 spiro atoms. The van der Waals surface area contributed by atoms with Crippen molar-refractivity contribution in [1.82, 2.24) is 16.4 Å². The lowest BCUT2D eigenvalue weighted by Gasteiger charge is -1.99. The van der Waals surface area contributed by atoms with Gasteiger partial charge in [0, 0.05) is 13.0 Å². The maximum absolute atomic E-state index is 10.6. The first kappa shape index (κ1) is 20.9. The van der Waals surface area contributed by atoms with Gasteiger partial charge in [-0.2, -0.15) is 0 Å². The molecule has 0 saturated carbocycles. The number of aliphatic carboxylic acids is 1. The van der Waals surface area contributed by atoms with Gasteiger partial charge >= 0.3 is 5.97 Å². The topological polar surface area (TPSA) is 105 Å². The highest BCUT2D eigenvalue weighted by Gasteiger charge is 1.96. The van der Waals surface area contributed by atoms with Gasteiger partial charge in [-0.25, -0.2) is 0 Å². The number of hydrogen-bond donors (Lipinski definition) is 3. The second kappa shape index (κ2) is 14.6. The second-order valence-electron chi connectivity index (χ2n) is 3.69. The molecular formula is C11H25N3O3. The van der Waals surface area contributed by atoms with Crippen molar-refractivity contribution in [3.05, 3.63) is 12.7 Å². The van der Waals surface area contributed by atoms with Crippen LogP contribution in [-0.2, 0) is 9.59 Å². The first-order valence-corrected chi connectivity index (χ1v) is 5.13. The minimum absolute atomic E-state index is 0. The Morgan fingerprint density at radius 2 is 1.76 bits per heavy atom. The van der Waals surface area contributed by atoms with E-state index in [2.05, 4.69) is 11.9 Å². The van der Waals surface area contributed by atoms with Gasteiger partial charge in [-0.05, 0) is 40.1 Å². The number of hydrogen-bond acceptors (Lipinski definition) is 4. The second-order valence-corrected chi connectivity index (χ2v) is 3.69. The minimum atomic E-state index is -0.801. The Morgan fingerprint density at radius 1 is 1.29 bits per heavy atom. The first-order chi connectivity index (χ1) is 7.40. The molecule has 0 radical (unpaired) electrons. The number of amides is 1. The Kier molecular flexibility index (Phi) is 18.0. The van der Waals surface area contributed by atoms with Crippen molar-refractivity contribution >= 4 is 11.9 Å². The smallest absolute Gasteiger partial charge is 0.303 e. The lowest BCUT2D eigenvalue weighted by molar-refractivity contribution is -0.137. The molecule has 6 nitrogen and oxygen atoms in total. The van der Waals surface area contributed by atoms with Gasteiger partial charge < -0.3 is 21.5 Å². The highest BCUT2D eigenvalue weighted by Crippen LogP contribution is 1.92. The number of nitrogens with one attached hydrogen (secondary N) is 1. The van der Waals surface area contributed by atoms with Crippen molar-refractivity contribution in [2.45, 2.75) is 19.3 Å². The van der Waals surface area contributed by atoms with Gasteiger partial charge in [0.15, 0.2) is 0 Å². The molecule has 17 heavy (non-hydrogen) atoms. The van der Waals surface area contributed by atoms with Crippen molar-refractivity contribution in [3.8, 4) is 0 Å². The normalized spacial score (nSPS) is 8.47. The SMILES string of the molecule is C=CC(=O)NCCCCC(=O)O.CN(C)C.N. The van der Waals surface area contributed by atoms with E-state index in [0.717, 1.165) is 0 Å². The number of carbonyl (C=O) groups is 2. The van der Waals surface area contributed by atoms with Crippen LogP contribution < -0.4 is 11.5 Å². The Balaban J connectivity index is -0.000000340. The van der Waals surface area contributed by atoms with Crippen LogP contribution in [0.1, 0.15) is 19.3 Å². The molecule has 0 aliphatic carbocycles. The Labute approximate surface area is 103 Å². The predicted molar refractivity (Wildman–Crippen MR) is 69.3 cm³/mol. The molecule has 0 aliphatic heterocycles. The zero-order chi connectivity index (χ0) is 13.0. The maximum atomic E-state index is 10.6. The Hall–Kier alpha value is -1.40. The van der Waals surface area contributed by atoms with Gasteiger partial charge in [-0.15, -0.1) is 0 Å². The van der Waals surface area contributed by atoms with E-state index in [1.54, 1.807) is 0 Å². The number of rotatable bonds is 6. The molecule has 0 saturated heterocycles. The van der Waals surface area contributed by atoms with Crippen LogP contribution in [0.25, 0.3) is 0 Å². The standard InChI is InChI=1S/C8H13NO3.C3H9N.H3N/c1-2-7(10)9-6-4-3-5-8(11)12;1-4(2)3;/h2H,1,3-6H2,(H,9,10)(H,11,12);1-3H3;1H3. The summed E-state index contributed by atoms with van der Waals surface area (Å²) in [4.78, 5) is 22.6. The molecule has 5 N–H and O–H groups in total. The summed E-state index contributed by atoms with van der Waals surface area (Å²) in [5.74, 6) is -1.02. The van der Waals surface area contributed by atoms with Gasteiger partial charge in [-0.1, -0.05) is 6.58 Å². The van der Waals surface area contributed by atoms with E-state index in [9.17, 15) is 9.59 Å².